The van der Waals surface area contributed by atoms with Gasteiger partial charge in [0.2, 0.25) is 5.91 Å². The maximum absolute atomic E-state index is 11.3. The molecule has 1 heterocycles. The Labute approximate surface area is 105 Å². The highest BCUT2D eigenvalue weighted by atomic mass is 32.1. The van der Waals surface area contributed by atoms with Crippen LogP contribution in [0.4, 0.5) is 5.69 Å². The van der Waals surface area contributed by atoms with Crippen molar-refractivity contribution in [3.63, 3.8) is 0 Å². The maximum atomic E-state index is 11.3. The number of thiazole rings is 1. The van der Waals surface area contributed by atoms with Crippen LogP contribution >= 0.6 is 11.3 Å². The molecular weight excluding hydrogens is 232 g/mol. The Hall–Kier alpha value is -1.68. The third-order valence-electron chi connectivity index (χ3n) is 2.38. The molecule has 1 aromatic carbocycles. The van der Waals surface area contributed by atoms with Gasteiger partial charge in [-0.05, 0) is 19.1 Å². The Bertz CT molecular complexity index is 534. The van der Waals surface area contributed by atoms with Crippen molar-refractivity contribution in [2.24, 2.45) is 0 Å². The van der Waals surface area contributed by atoms with E-state index in [0.29, 0.717) is 6.42 Å². The molecule has 4 heteroatoms. The third-order valence-corrected chi connectivity index (χ3v) is 3.16. The number of nitrogens with one attached hydrogen (secondary N) is 1. The van der Waals surface area contributed by atoms with E-state index in [-0.39, 0.29) is 5.91 Å². The topological polar surface area (TPSA) is 42.0 Å². The van der Waals surface area contributed by atoms with Crippen molar-refractivity contribution >= 4 is 22.9 Å². The van der Waals surface area contributed by atoms with Gasteiger partial charge in [0.15, 0.2) is 0 Å². The summed E-state index contributed by atoms with van der Waals surface area (Å²) in [6.45, 7) is 3.82. The minimum atomic E-state index is 0.0246. The van der Waals surface area contributed by atoms with E-state index >= 15 is 0 Å². The van der Waals surface area contributed by atoms with Crippen LogP contribution in [0.5, 0.6) is 0 Å². The number of anilines is 1. The number of hydrogen-bond donors (Lipinski definition) is 1. The Morgan fingerprint density at radius 3 is 2.94 bits per heavy atom. The smallest absolute Gasteiger partial charge is 0.224 e. The lowest BCUT2D eigenvalue weighted by atomic mass is 10.1. The Morgan fingerprint density at radius 1 is 1.47 bits per heavy atom. The summed E-state index contributed by atoms with van der Waals surface area (Å²) in [5.74, 6) is 0.0246. The molecule has 1 amide bonds. The lowest BCUT2D eigenvalue weighted by Gasteiger charge is -2.04. The molecule has 1 aromatic heterocycles. The number of carbonyl (C=O) groups is 1. The van der Waals surface area contributed by atoms with Crippen LogP contribution < -0.4 is 5.32 Å². The van der Waals surface area contributed by atoms with E-state index in [0.717, 1.165) is 22.0 Å². The van der Waals surface area contributed by atoms with Crippen molar-refractivity contribution in [2.75, 3.05) is 5.32 Å². The van der Waals surface area contributed by atoms with Crippen LogP contribution in [0.15, 0.2) is 29.6 Å². The average molecular weight is 246 g/mol. The lowest BCUT2D eigenvalue weighted by molar-refractivity contribution is -0.115. The van der Waals surface area contributed by atoms with Crippen LogP contribution in [0.1, 0.15) is 18.4 Å². The largest absolute Gasteiger partial charge is 0.326 e. The van der Waals surface area contributed by atoms with Crippen molar-refractivity contribution in [1.82, 2.24) is 4.98 Å². The summed E-state index contributed by atoms with van der Waals surface area (Å²) in [4.78, 5) is 15.7. The van der Waals surface area contributed by atoms with Crippen molar-refractivity contribution in [3.05, 3.63) is 34.7 Å². The van der Waals surface area contributed by atoms with Crippen LogP contribution in [0, 0.1) is 6.92 Å². The number of hydrogen-bond acceptors (Lipinski definition) is 3. The third kappa shape index (κ3) is 2.91. The first kappa shape index (κ1) is 11.8. The molecule has 0 atom stereocenters. The van der Waals surface area contributed by atoms with Crippen molar-refractivity contribution < 1.29 is 4.79 Å². The van der Waals surface area contributed by atoms with Gasteiger partial charge in [-0.3, -0.25) is 4.79 Å². The van der Waals surface area contributed by atoms with E-state index in [4.69, 9.17) is 0 Å². The highest BCUT2D eigenvalue weighted by Gasteiger charge is 2.04. The zero-order valence-corrected chi connectivity index (χ0v) is 10.7. The maximum Gasteiger partial charge on any atom is 0.224 e. The van der Waals surface area contributed by atoms with Gasteiger partial charge >= 0.3 is 0 Å². The van der Waals surface area contributed by atoms with E-state index in [1.165, 1.54) is 0 Å². The molecule has 88 valence electrons. The first-order chi connectivity index (χ1) is 8.19. The zero-order valence-electron chi connectivity index (χ0n) is 9.86. The number of aryl methyl sites for hydroxylation is 1. The molecule has 3 nitrogen and oxygen atoms in total. The Balaban J connectivity index is 2.25. The first-order valence-corrected chi connectivity index (χ1v) is 6.39. The predicted octanol–water partition coefficient (Wildman–Crippen LogP) is 3.47. The van der Waals surface area contributed by atoms with Gasteiger partial charge in [0.25, 0.3) is 0 Å². The number of nitrogens with zero attached hydrogens (tertiary/aromatic N) is 1. The normalized spacial score (nSPS) is 10.2. The van der Waals surface area contributed by atoms with Gasteiger partial charge in [-0.25, -0.2) is 4.98 Å². The van der Waals surface area contributed by atoms with E-state index in [9.17, 15) is 4.79 Å². The molecule has 0 radical (unpaired) electrons. The quantitative estimate of drug-likeness (QED) is 0.901. The standard InChI is InChI=1S/C13H14N2OS/c1-3-13(16)15-11-6-4-5-10(7-11)12-8-17-9(2)14-12/h4-8H,3H2,1-2H3,(H,15,16). The second kappa shape index (κ2) is 5.10. The van der Waals surface area contributed by atoms with Crippen LogP contribution in [-0.2, 0) is 4.79 Å². The van der Waals surface area contributed by atoms with E-state index in [1.54, 1.807) is 11.3 Å². The van der Waals surface area contributed by atoms with Crippen LogP contribution in [0.3, 0.4) is 0 Å². The first-order valence-electron chi connectivity index (χ1n) is 5.51. The van der Waals surface area contributed by atoms with Crippen molar-refractivity contribution in [2.45, 2.75) is 20.3 Å². The van der Waals surface area contributed by atoms with E-state index < -0.39 is 0 Å². The number of carbonyl (C=O) groups excluding carboxylic acids is 1. The van der Waals surface area contributed by atoms with Gasteiger partial charge in [0.05, 0.1) is 10.7 Å². The number of rotatable bonds is 3. The second-order valence-corrected chi connectivity index (χ2v) is 4.80. The fourth-order valence-corrected chi connectivity index (χ4v) is 2.12. The molecule has 0 spiro atoms. The molecule has 0 fully saturated rings. The fraction of sp³-hybridized carbons (Fsp3) is 0.231. The van der Waals surface area contributed by atoms with Gasteiger partial charge < -0.3 is 5.32 Å². The zero-order chi connectivity index (χ0) is 12.3. The molecule has 2 rings (SSSR count). The Kier molecular flexibility index (Phi) is 3.54. The summed E-state index contributed by atoms with van der Waals surface area (Å²) in [6, 6.07) is 7.75. The fourth-order valence-electron chi connectivity index (χ4n) is 1.50. The van der Waals surface area contributed by atoms with Gasteiger partial charge in [0.1, 0.15) is 0 Å². The van der Waals surface area contributed by atoms with Gasteiger partial charge in [-0.2, -0.15) is 0 Å². The summed E-state index contributed by atoms with van der Waals surface area (Å²) in [5.41, 5.74) is 2.81. The second-order valence-electron chi connectivity index (χ2n) is 3.73. The molecule has 0 unspecified atom stereocenters. The summed E-state index contributed by atoms with van der Waals surface area (Å²) in [5, 5.41) is 5.91. The highest BCUT2D eigenvalue weighted by Crippen LogP contribution is 2.24. The van der Waals surface area contributed by atoms with Gasteiger partial charge in [0, 0.05) is 23.1 Å². The summed E-state index contributed by atoms with van der Waals surface area (Å²) < 4.78 is 0. The van der Waals surface area contributed by atoms with E-state index in [2.05, 4.69) is 10.3 Å². The number of amides is 1. The molecule has 0 saturated carbocycles. The monoisotopic (exact) mass is 246 g/mol. The average Bonchev–Trinajstić information content (AvgIpc) is 2.76. The molecule has 0 saturated heterocycles. The van der Waals surface area contributed by atoms with Crippen LogP contribution in [0.25, 0.3) is 11.3 Å². The van der Waals surface area contributed by atoms with Crippen molar-refractivity contribution in [3.8, 4) is 11.3 Å². The molecule has 17 heavy (non-hydrogen) atoms. The predicted molar refractivity (Wildman–Crippen MR) is 71.2 cm³/mol. The van der Waals surface area contributed by atoms with Gasteiger partial charge in [-0.1, -0.05) is 19.1 Å². The molecule has 0 bridgehead atoms. The Morgan fingerprint density at radius 2 is 2.29 bits per heavy atom. The minimum Gasteiger partial charge on any atom is -0.326 e. The van der Waals surface area contributed by atoms with Crippen molar-refractivity contribution in [1.29, 1.82) is 0 Å². The molecule has 0 aliphatic carbocycles. The van der Waals surface area contributed by atoms with E-state index in [1.807, 2.05) is 43.5 Å². The van der Waals surface area contributed by atoms with Crippen LogP contribution in [-0.4, -0.2) is 10.9 Å². The summed E-state index contributed by atoms with van der Waals surface area (Å²) in [7, 11) is 0. The summed E-state index contributed by atoms with van der Waals surface area (Å²) >= 11 is 1.63. The highest BCUT2D eigenvalue weighted by molar-refractivity contribution is 7.09. The van der Waals surface area contributed by atoms with Crippen LogP contribution in [0.2, 0.25) is 0 Å². The molecular formula is C13H14N2OS. The number of aromatic nitrogens is 1. The SMILES string of the molecule is CCC(=O)Nc1cccc(-c2csc(C)n2)c1. The minimum absolute atomic E-state index is 0.0246. The molecule has 0 aliphatic heterocycles. The lowest BCUT2D eigenvalue weighted by Crippen LogP contribution is -2.09. The molecule has 1 N–H and O–H groups in total. The number of benzene rings is 1. The summed E-state index contributed by atoms with van der Waals surface area (Å²) in [6.07, 6.45) is 0.486. The molecule has 0 aliphatic rings. The van der Waals surface area contributed by atoms with Gasteiger partial charge in [-0.15, -0.1) is 11.3 Å². The molecule has 2 aromatic rings.